The van der Waals surface area contributed by atoms with E-state index in [4.69, 9.17) is 5.73 Å². The summed E-state index contributed by atoms with van der Waals surface area (Å²) in [4.78, 5) is 0. The van der Waals surface area contributed by atoms with E-state index in [0.29, 0.717) is 3.57 Å². The topological polar surface area (TPSA) is 26.0 Å². The molecule has 0 aliphatic heterocycles. The number of halogens is 5. The van der Waals surface area contributed by atoms with Crippen LogP contribution in [0.5, 0.6) is 0 Å². The largest absolute Gasteiger partial charge is 0.407 e. The lowest BCUT2D eigenvalue weighted by molar-refractivity contribution is -0.149. The molecule has 0 saturated heterocycles. The van der Waals surface area contributed by atoms with Gasteiger partial charge in [0.1, 0.15) is 11.9 Å². The van der Waals surface area contributed by atoms with Gasteiger partial charge in [-0.2, -0.15) is 13.2 Å². The summed E-state index contributed by atoms with van der Waals surface area (Å²) in [6.45, 7) is 0. The van der Waals surface area contributed by atoms with Crippen molar-refractivity contribution in [2.45, 2.75) is 12.2 Å². The number of hydrogen-bond acceptors (Lipinski definition) is 1. The Morgan fingerprint density at radius 1 is 1.29 bits per heavy atom. The quantitative estimate of drug-likeness (QED) is 0.625. The lowest BCUT2D eigenvalue weighted by atomic mass is 10.1. The van der Waals surface area contributed by atoms with E-state index < -0.39 is 18.0 Å². The van der Waals surface area contributed by atoms with Gasteiger partial charge in [0.15, 0.2) is 0 Å². The summed E-state index contributed by atoms with van der Waals surface area (Å²) in [7, 11) is 0. The minimum Gasteiger partial charge on any atom is -0.316 e. The zero-order valence-corrected chi connectivity index (χ0v) is 8.93. The molecule has 0 aliphatic rings. The first kappa shape index (κ1) is 11.7. The molecule has 0 bridgehead atoms. The number of hydrogen-bond donors (Lipinski definition) is 1. The molecule has 0 saturated carbocycles. The second-order valence-electron chi connectivity index (χ2n) is 2.69. The van der Waals surface area contributed by atoms with E-state index in [1.807, 2.05) is 0 Å². The van der Waals surface area contributed by atoms with E-state index in [0.717, 1.165) is 12.1 Å². The van der Waals surface area contributed by atoms with Gasteiger partial charge in [-0.05, 0) is 46.4 Å². The molecule has 0 aromatic heterocycles. The van der Waals surface area contributed by atoms with Crippen molar-refractivity contribution in [3.63, 3.8) is 0 Å². The Hall–Kier alpha value is -0.370. The van der Waals surface area contributed by atoms with E-state index in [9.17, 15) is 17.6 Å². The highest BCUT2D eigenvalue weighted by molar-refractivity contribution is 14.1. The maximum absolute atomic E-state index is 12.7. The maximum Gasteiger partial charge on any atom is 0.407 e. The van der Waals surface area contributed by atoms with Gasteiger partial charge in [0.2, 0.25) is 0 Å². The van der Waals surface area contributed by atoms with Crippen LogP contribution in [-0.2, 0) is 0 Å². The molecule has 0 spiro atoms. The van der Waals surface area contributed by atoms with Crippen molar-refractivity contribution in [1.29, 1.82) is 0 Å². The summed E-state index contributed by atoms with van der Waals surface area (Å²) in [6.07, 6.45) is -4.55. The smallest absolute Gasteiger partial charge is 0.316 e. The average Bonchev–Trinajstić information content (AvgIpc) is 2.06. The molecular formula is C8H6F4IN. The van der Waals surface area contributed by atoms with Crippen LogP contribution in [0.3, 0.4) is 0 Å². The Morgan fingerprint density at radius 2 is 1.86 bits per heavy atom. The Balaban J connectivity index is 3.12. The molecule has 1 nitrogen and oxygen atoms in total. The average molecular weight is 319 g/mol. The van der Waals surface area contributed by atoms with Crippen LogP contribution in [0.2, 0.25) is 0 Å². The van der Waals surface area contributed by atoms with E-state index in [1.165, 1.54) is 6.07 Å². The summed E-state index contributed by atoms with van der Waals surface area (Å²) in [5, 5.41) is 0. The second-order valence-corrected chi connectivity index (χ2v) is 3.85. The highest BCUT2D eigenvalue weighted by atomic mass is 127. The predicted molar refractivity (Wildman–Crippen MR) is 52.1 cm³/mol. The molecule has 0 fully saturated rings. The standard InChI is InChI=1S/C8H6F4IN/c9-4-1-2-6(13)5(3-4)7(14)8(10,11)12/h1-3,7H,14H2/t7-/m0/s1. The van der Waals surface area contributed by atoms with Crippen LogP contribution < -0.4 is 5.73 Å². The third-order valence-electron chi connectivity index (χ3n) is 1.65. The van der Waals surface area contributed by atoms with E-state index >= 15 is 0 Å². The number of alkyl halides is 3. The highest BCUT2D eigenvalue weighted by Gasteiger charge is 2.38. The number of nitrogens with two attached hydrogens (primary N) is 1. The van der Waals surface area contributed by atoms with Gasteiger partial charge in [-0.15, -0.1) is 0 Å². The minimum atomic E-state index is -4.55. The first-order valence-corrected chi connectivity index (χ1v) is 4.67. The van der Waals surface area contributed by atoms with Gasteiger partial charge in [0, 0.05) is 3.57 Å². The lowest BCUT2D eigenvalue weighted by Crippen LogP contribution is -2.29. The maximum atomic E-state index is 12.7. The molecule has 14 heavy (non-hydrogen) atoms. The first-order chi connectivity index (χ1) is 6.32. The molecule has 1 rings (SSSR count). The minimum absolute atomic E-state index is 0.238. The number of benzene rings is 1. The van der Waals surface area contributed by atoms with Crippen LogP contribution in [-0.4, -0.2) is 6.18 Å². The SMILES string of the molecule is N[C@@H](c1cc(F)ccc1I)C(F)(F)F. The molecule has 6 heteroatoms. The fraction of sp³-hybridized carbons (Fsp3) is 0.250. The summed E-state index contributed by atoms with van der Waals surface area (Å²) in [6, 6.07) is 1.02. The Labute approximate surface area is 91.4 Å². The Bertz CT molecular complexity index is 337. The molecule has 78 valence electrons. The van der Waals surface area contributed by atoms with Gasteiger partial charge >= 0.3 is 6.18 Å². The van der Waals surface area contributed by atoms with Crippen molar-refractivity contribution in [3.05, 3.63) is 33.1 Å². The molecule has 1 aromatic rings. The summed E-state index contributed by atoms with van der Waals surface area (Å²) in [5.41, 5.74) is 4.71. The van der Waals surface area contributed by atoms with Gasteiger partial charge in [-0.1, -0.05) is 0 Å². The summed E-state index contributed by atoms with van der Waals surface area (Å²) in [5.74, 6) is -0.722. The van der Waals surface area contributed by atoms with Crippen LogP contribution in [0.4, 0.5) is 17.6 Å². The monoisotopic (exact) mass is 319 g/mol. The van der Waals surface area contributed by atoms with Crippen molar-refractivity contribution >= 4 is 22.6 Å². The van der Waals surface area contributed by atoms with Gasteiger partial charge in [0.05, 0.1) is 0 Å². The van der Waals surface area contributed by atoms with Gasteiger partial charge in [-0.25, -0.2) is 4.39 Å². The van der Waals surface area contributed by atoms with E-state index in [2.05, 4.69) is 0 Å². The molecule has 1 atom stereocenters. The van der Waals surface area contributed by atoms with Crippen LogP contribution in [0.25, 0.3) is 0 Å². The molecule has 1 aromatic carbocycles. The first-order valence-electron chi connectivity index (χ1n) is 3.59. The third-order valence-corrected chi connectivity index (χ3v) is 2.63. The zero-order valence-electron chi connectivity index (χ0n) is 6.78. The van der Waals surface area contributed by atoms with Crippen LogP contribution in [0.15, 0.2) is 18.2 Å². The van der Waals surface area contributed by atoms with Gasteiger partial charge in [0.25, 0.3) is 0 Å². The van der Waals surface area contributed by atoms with Crippen molar-refractivity contribution in [2.75, 3.05) is 0 Å². The van der Waals surface area contributed by atoms with E-state index in [-0.39, 0.29) is 5.56 Å². The molecule has 0 aliphatic carbocycles. The summed E-state index contributed by atoms with van der Waals surface area (Å²) >= 11 is 1.69. The second kappa shape index (κ2) is 4.01. The van der Waals surface area contributed by atoms with Gasteiger partial charge < -0.3 is 5.73 Å². The Morgan fingerprint density at radius 3 is 2.36 bits per heavy atom. The van der Waals surface area contributed by atoms with Crippen molar-refractivity contribution in [3.8, 4) is 0 Å². The fourth-order valence-electron chi connectivity index (χ4n) is 0.929. The molecule has 0 unspecified atom stereocenters. The van der Waals surface area contributed by atoms with Crippen LogP contribution >= 0.6 is 22.6 Å². The van der Waals surface area contributed by atoms with Crippen molar-refractivity contribution in [2.24, 2.45) is 5.73 Å². The van der Waals surface area contributed by atoms with Crippen molar-refractivity contribution in [1.82, 2.24) is 0 Å². The van der Waals surface area contributed by atoms with Gasteiger partial charge in [-0.3, -0.25) is 0 Å². The zero-order chi connectivity index (χ0) is 10.9. The highest BCUT2D eigenvalue weighted by Crippen LogP contribution is 2.32. The lowest BCUT2D eigenvalue weighted by Gasteiger charge is -2.17. The van der Waals surface area contributed by atoms with E-state index in [1.54, 1.807) is 22.6 Å². The van der Waals surface area contributed by atoms with Crippen LogP contribution in [0.1, 0.15) is 11.6 Å². The molecule has 0 heterocycles. The Kier molecular flexibility index (Phi) is 3.36. The molecule has 2 N–H and O–H groups in total. The van der Waals surface area contributed by atoms with Crippen LogP contribution in [0, 0.1) is 9.39 Å². The number of rotatable bonds is 1. The third kappa shape index (κ3) is 2.57. The fourth-order valence-corrected chi connectivity index (χ4v) is 1.60. The predicted octanol–water partition coefficient (Wildman–Crippen LogP) is 2.99. The summed E-state index contributed by atoms with van der Waals surface area (Å²) < 4.78 is 49.6. The molecular weight excluding hydrogens is 313 g/mol. The molecule has 0 radical (unpaired) electrons. The van der Waals surface area contributed by atoms with Crippen molar-refractivity contribution < 1.29 is 17.6 Å². The molecule has 0 amide bonds. The normalized spacial score (nSPS) is 14.1.